The molecule has 3 aromatic rings. The third-order valence-corrected chi connectivity index (χ3v) is 8.10. The molecule has 1 atom stereocenters. The van der Waals surface area contributed by atoms with E-state index in [9.17, 15) is 9.59 Å². The Hall–Kier alpha value is -3.61. The van der Waals surface area contributed by atoms with Crippen LogP contribution in [0.25, 0.3) is 5.69 Å². The number of amides is 2. The van der Waals surface area contributed by atoms with Crippen molar-refractivity contribution in [2.24, 2.45) is 11.3 Å². The minimum absolute atomic E-state index is 0.0302. The Morgan fingerprint density at radius 1 is 0.771 bits per heavy atom. The number of hydrogen-bond donors (Lipinski definition) is 0. The lowest BCUT2D eigenvalue weighted by molar-refractivity contribution is -0.134. The molecule has 2 aliphatic heterocycles. The number of piperazine rings is 1. The number of rotatable bonds is 4. The van der Waals surface area contributed by atoms with Crippen LogP contribution in [-0.4, -0.2) is 70.7 Å². The van der Waals surface area contributed by atoms with Gasteiger partial charge in [-0.2, -0.15) is 5.10 Å². The van der Waals surface area contributed by atoms with Gasteiger partial charge in [0.25, 0.3) is 5.91 Å². The molecule has 1 spiro atoms. The molecule has 1 aliphatic carbocycles. The molecule has 0 N–H and O–H groups in total. The lowest BCUT2D eigenvalue weighted by Gasteiger charge is -2.37. The Bertz CT molecular complexity index is 1190. The van der Waals surface area contributed by atoms with Gasteiger partial charge in [0, 0.05) is 57.1 Å². The maximum atomic E-state index is 13.3. The quantitative estimate of drug-likeness (QED) is 0.587. The van der Waals surface area contributed by atoms with Crippen molar-refractivity contribution < 1.29 is 9.59 Å². The van der Waals surface area contributed by atoms with Gasteiger partial charge in [-0.15, -0.1) is 0 Å². The maximum Gasteiger partial charge on any atom is 0.257 e. The molecule has 2 aromatic carbocycles. The molecule has 6 rings (SSSR count). The summed E-state index contributed by atoms with van der Waals surface area (Å²) in [6.07, 6.45) is 6.25. The average molecular weight is 470 g/mol. The van der Waals surface area contributed by atoms with Gasteiger partial charge in [0.2, 0.25) is 5.91 Å². The highest BCUT2D eigenvalue weighted by molar-refractivity contribution is 5.94. The molecule has 7 nitrogen and oxygen atoms in total. The van der Waals surface area contributed by atoms with Crippen LogP contribution in [0.15, 0.2) is 73.1 Å². The summed E-state index contributed by atoms with van der Waals surface area (Å²) in [7, 11) is 0. The Morgan fingerprint density at radius 2 is 1.40 bits per heavy atom. The number of hydrogen-bond acceptors (Lipinski definition) is 4. The third kappa shape index (κ3) is 4.20. The van der Waals surface area contributed by atoms with E-state index in [1.165, 1.54) is 5.69 Å². The molecule has 0 unspecified atom stereocenters. The molecule has 1 aromatic heterocycles. The Labute approximate surface area is 205 Å². The van der Waals surface area contributed by atoms with Gasteiger partial charge in [0.15, 0.2) is 0 Å². The maximum absolute atomic E-state index is 13.3. The molecule has 0 bridgehead atoms. The Kier molecular flexibility index (Phi) is 5.55. The number of carbonyl (C=O) groups is 2. The van der Waals surface area contributed by atoms with Crippen molar-refractivity contribution in [3.63, 3.8) is 0 Å². The van der Waals surface area contributed by atoms with Gasteiger partial charge >= 0.3 is 0 Å². The fraction of sp³-hybridized carbons (Fsp3) is 0.393. The van der Waals surface area contributed by atoms with Crippen LogP contribution in [0.2, 0.25) is 0 Å². The van der Waals surface area contributed by atoms with Gasteiger partial charge in [0.1, 0.15) is 0 Å². The first kappa shape index (κ1) is 21.9. The van der Waals surface area contributed by atoms with E-state index in [4.69, 9.17) is 0 Å². The largest absolute Gasteiger partial charge is 0.368 e. The highest BCUT2D eigenvalue weighted by atomic mass is 16.2. The van der Waals surface area contributed by atoms with Crippen molar-refractivity contribution in [2.45, 2.75) is 19.3 Å². The predicted octanol–water partition coefficient (Wildman–Crippen LogP) is 3.46. The number of carbonyl (C=O) groups excluding carboxylic acids is 2. The van der Waals surface area contributed by atoms with E-state index in [-0.39, 0.29) is 17.2 Å². The smallest absolute Gasteiger partial charge is 0.257 e. The second-order valence-corrected chi connectivity index (χ2v) is 10.1. The van der Waals surface area contributed by atoms with Gasteiger partial charge in [0.05, 0.1) is 17.4 Å². The fourth-order valence-electron chi connectivity index (χ4n) is 5.79. The first-order chi connectivity index (χ1) is 17.1. The fourth-order valence-corrected chi connectivity index (χ4v) is 5.79. The Morgan fingerprint density at radius 3 is 2.06 bits per heavy atom. The van der Waals surface area contributed by atoms with E-state index >= 15 is 0 Å². The van der Waals surface area contributed by atoms with Crippen molar-refractivity contribution >= 4 is 17.5 Å². The number of piperidine rings is 1. The molecule has 2 saturated heterocycles. The molecule has 180 valence electrons. The minimum Gasteiger partial charge on any atom is -0.368 e. The monoisotopic (exact) mass is 469 g/mol. The van der Waals surface area contributed by atoms with Crippen LogP contribution >= 0.6 is 0 Å². The summed E-state index contributed by atoms with van der Waals surface area (Å²) in [6, 6.07) is 20.2. The van der Waals surface area contributed by atoms with Gasteiger partial charge in [-0.3, -0.25) is 9.59 Å². The molecule has 1 saturated carbocycles. The van der Waals surface area contributed by atoms with Crippen molar-refractivity contribution in [1.82, 2.24) is 19.6 Å². The van der Waals surface area contributed by atoms with E-state index < -0.39 is 0 Å². The molecule has 7 heteroatoms. The number of anilines is 1. The predicted molar refractivity (Wildman–Crippen MR) is 134 cm³/mol. The summed E-state index contributed by atoms with van der Waals surface area (Å²) >= 11 is 0. The molecular formula is C28H31N5O2. The van der Waals surface area contributed by atoms with Gasteiger partial charge in [-0.1, -0.05) is 36.4 Å². The molecular weight excluding hydrogens is 438 g/mol. The molecule has 0 radical (unpaired) electrons. The minimum atomic E-state index is 0.0302. The first-order valence-corrected chi connectivity index (χ1v) is 12.6. The lowest BCUT2D eigenvalue weighted by atomic mass is 9.90. The van der Waals surface area contributed by atoms with Crippen molar-refractivity contribution in [1.29, 1.82) is 0 Å². The number of benzene rings is 2. The summed E-state index contributed by atoms with van der Waals surface area (Å²) in [5, 5.41) is 4.37. The van der Waals surface area contributed by atoms with Crippen molar-refractivity contribution in [3.05, 3.63) is 78.6 Å². The van der Waals surface area contributed by atoms with Crippen LogP contribution in [0.5, 0.6) is 0 Å². The molecule has 3 aliphatic rings. The van der Waals surface area contributed by atoms with Crippen LogP contribution < -0.4 is 4.90 Å². The summed E-state index contributed by atoms with van der Waals surface area (Å²) < 4.78 is 1.74. The summed E-state index contributed by atoms with van der Waals surface area (Å²) in [4.78, 5) is 32.7. The van der Waals surface area contributed by atoms with E-state index in [2.05, 4.69) is 39.2 Å². The second-order valence-electron chi connectivity index (χ2n) is 10.1. The van der Waals surface area contributed by atoms with E-state index in [1.54, 1.807) is 17.1 Å². The van der Waals surface area contributed by atoms with Gasteiger partial charge < -0.3 is 14.7 Å². The number of nitrogens with zero attached hydrogens (tertiary/aromatic N) is 5. The van der Waals surface area contributed by atoms with Gasteiger partial charge in [-0.05, 0) is 48.9 Å². The summed E-state index contributed by atoms with van der Waals surface area (Å²) in [6.45, 7) is 4.76. The zero-order chi connectivity index (χ0) is 23.8. The standard InChI is InChI=1S/C28H31N5O2/c34-26(22-20-29-33(21-22)24-9-5-2-6-10-24)31-13-11-28(12-14-31)19-25(28)27(35)32-17-15-30(16-18-32)23-7-3-1-4-8-23/h1-10,20-21,25H,11-19H2/t25-/m0/s1. The first-order valence-electron chi connectivity index (χ1n) is 12.6. The van der Waals surface area contributed by atoms with E-state index in [1.807, 2.05) is 41.3 Å². The SMILES string of the molecule is O=C(c1cnn(-c2ccccc2)c1)N1CCC2(CC1)C[C@H]2C(=O)N1CCN(c2ccccc2)CC1. The van der Waals surface area contributed by atoms with Crippen molar-refractivity contribution in [2.75, 3.05) is 44.2 Å². The average Bonchev–Trinajstić information content (AvgIpc) is 3.38. The normalized spacial score (nSPS) is 21.3. The highest BCUT2D eigenvalue weighted by Gasteiger charge is 2.59. The Balaban J connectivity index is 1.02. The van der Waals surface area contributed by atoms with Crippen LogP contribution in [-0.2, 0) is 4.79 Å². The van der Waals surface area contributed by atoms with Crippen LogP contribution in [0.1, 0.15) is 29.6 Å². The van der Waals surface area contributed by atoms with E-state index in [0.717, 1.165) is 51.1 Å². The third-order valence-electron chi connectivity index (χ3n) is 8.10. The molecule has 2 amide bonds. The summed E-state index contributed by atoms with van der Waals surface area (Å²) in [5.74, 6) is 0.480. The zero-order valence-electron chi connectivity index (χ0n) is 19.9. The number of para-hydroxylation sites is 2. The van der Waals surface area contributed by atoms with Crippen molar-refractivity contribution in [3.8, 4) is 5.69 Å². The number of likely N-dealkylation sites (tertiary alicyclic amines) is 1. The topological polar surface area (TPSA) is 61.7 Å². The molecule has 35 heavy (non-hydrogen) atoms. The zero-order valence-corrected chi connectivity index (χ0v) is 19.9. The number of aromatic nitrogens is 2. The van der Waals surface area contributed by atoms with E-state index in [0.29, 0.717) is 24.6 Å². The second kappa shape index (κ2) is 8.87. The van der Waals surface area contributed by atoms with Crippen LogP contribution in [0.4, 0.5) is 5.69 Å². The molecule has 3 heterocycles. The lowest BCUT2D eigenvalue weighted by Crippen LogP contribution is -2.50. The summed E-state index contributed by atoms with van der Waals surface area (Å²) in [5.41, 5.74) is 2.88. The van der Waals surface area contributed by atoms with Crippen LogP contribution in [0, 0.1) is 11.3 Å². The molecule has 3 fully saturated rings. The van der Waals surface area contributed by atoms with Crippen LogP contribution in [0.3, 0.4) is 0 Å². The highest BCUT2D eigenvalue weighted by Crippen LogP contribution is 2.60. The van der Waals surface area contributed by atoms with Gasteiger partial charge in [-0.25, -0.2) is 4.68 Å².